The average Bonchev–Trinajstić information content (AvgIpc) is 2.75. The molecular weight excluding hydrogens is 563 g/mol. The van der Waals surface area contributed by atoms with E-state index in [1.54, 1.807) is 24.3 Å². The van der Waals surface area contributed by atoms with Crippen LogP contribution in [0.1, 0.15) is 0 Å². The molecule has 0 saturated carbocycles. The predicted octanol–water partition coefficient (Wildman–Crippen LogP) is 5.58. The Morgan fingerprint density at radius 3 is 1.65 bits per heavy atom. The number of nitrogens with one attached hydrogen (secondary N) is 1. The molecule has 31 heavy (non-hydrogen) atoms. The lowest BCUT2D eigenvalue weighted by atomic mass is 10.4. The van der Waals surface area contributed by atoms with Crippen LogP contribution < -0.4 is 4.72 Å². The number of hydrogen-bond acceptors (Lipinski definition) is 7. The van der Waals surface area contributed by atoms with E-state index >= 15 is 0 Å². The summed E-state index contributed by atoms with van der Waals surface area (Å²) >= 11 is 4.80. The van der Waals surface area contributed by atoms with Crippen molar-refractivity contribution >= 4 is 62.1 Å². The van der Waals surface area contributed by atoms with Gasteiger partial charge in [0, 0.05) is 13.4 Å². The average molecular weight is 578 g/mol. The fourth-order valence-electron chi connectivity index (χ4n) is 2.46. The van der Waals surface area contributed by atoms with Gasteiger partial charge in [0.25, 0.3) is 10.0 Å². The Balaban J connectivity index is 1.67. The highest BCUT2D eigenvalue weighted by Gasteiger charge is 2.18. The zero-order chi connectivity index (χ0) is 21.7. The molecule has 0 atom stereocenters. The number of halogens is 1. The number of sulfonamides is 1. The van der Waals surface area contributed by atoms with E-state index in [1.165, 1.54) is 23.5 Å². The molecule has 0 unspecified atom stereocenters. The van der Waals surface area contributed by atoms with Crippen LogP contribution in [0.15, 0.2) is 110 Å². The zero-order valence-electron chi connectivity index (χ0n) is 15.8. The number of aromatic nitrogens is 3. The van der Waals surface area contributed by atoms with Gasteiger partial charge >= 0.3 is 0 Å². The van der Waals surface area contributed by atoms with Crippen LogP contribution in [-0.2, 0) is 10.0 Å². The molecule has 0 bridgehead atoms. The standard InChI is InChI=1S/C21H15IN4O2S3/c22-15-11-13-18(14-12-15)31(27,28)26-19-23-20(29-16-7-3-1-4-8-16)25-21(24-19)30-17-9-5-2-6-10-17/h1-14H,(H,23,24,25,26). The maximum atomic E-state index is 12.8. The van der Waals surface area contributed by atoms with E-state index in [0.717, 1.165) is 13.4 Å². The van der Waals surface area contributed by atoms with Crippen LogP contribution in [0.4, 0.5) is 5.95 Å². The molecule has 10 heteroatoms. The van der Waals surface area contributed by atoms with E-state index in [9.17, 15) is 8.42 Å². The molecule has 0 aliphatic rings. The minimum absolute atomic E-state index is 0.0228. The van der Waals surface area contributed by atoms with Crippen molar-refractivity contribution in [3.05, 3.63) is 88.5 Å². The van der Waals surface area contributed by atoms with Crippen LogP contribution in [0.3, 0.4) is 0 Å². The Labute approximate surface area is 202 Å². The molecule has 0 saturated heterocycles. The van der Waals surface area contributed by atoms with Crippen LogP contribution in [0, 0.1) is 3.57 Å². The smallest absolute Gasteiger partial charge is 0.247 e. The fraction of sp³-hybridized carbons (Fsp3) is 0. The SMILES string of the molecule is O=S(=O)(Nc1nc(Sc2ccccc2)nc(Sc2ccccc2)n1)c1ccc(I)cc1. The van der Waals surface area contributed by atoms with Crippen molar-refractivity contribution in [1.82, 2.24) is 15.0 Å². The van der Waals surface area contributed by atoms with Gasteiger partial charge in [-0.1, -0.05) is 36.4 Å². The number of benzene rings is 3. The molecule has 156 valence electrons. The van der Waals surface area contributed by atoms with Gasteiger partial charge in [-0.2, -0.15) is 15.0 Å². The van der Waals surface area contributed by atoms with Crippen LogP contribution in [-0.4, -0.2) is 23.4 Å². The first-order valence-electron chi connectivity index (χ1n) is 8.98. The van der Waals surface area contributed by atoms with Crippen molar-refractivity contribution < 1.29 is 8.42 Å². The maximum absolute atomic E-state index is 12.8. The van der Waals surface area contributed by atoms with Gasteiger partial charge in [-0.15, -0.1) is 0 Å². The molecule has 4 rings (SSSR count). The summed E-state index contributed by atoms with van der Waals surface area (Å²) in [6.07, 6.45) is 0. The van der Waals surface area contributed by atoms with Crippen LogP contribution in [0.25, 0.3) is 0 Å². The molecule has 4 aromatic rings. The number of rotatable bonds is 7. The van der Waals surface area contributed by atoms with Crippen molar-refractivity contribution in [1.29, 1.82) is 0 Å². The van der Waals surface area contributed by atoms with E-state index < -0.39 is 10.0 Å². The Morgan fingerprint density at radius 1 is 0.677 bits per heavy atom. The lowest BCUT2D eigenvalue weighted by molar-refractivity contribution is 0.600. The predicted molar refractivity (Wildman–Crippen MR) is 131 cm³/mol. The van der Waals surface area contributed by atoms with Crippen molar-refractivity contribution in [2.75, 3.05) is 4.72 Å². The summed E-state index contributed by atoms with van der Waals surface area (Å²) in [7, 11) is -3.83. The van der Waals surface area contributed by atoms with Gasteiger partial charge in [-0.05, 0) is 94.6 Å². The van der Waals surface area contributed by atoms with Gasteiger partial charge in [0.1, 0.15) is 0 Å². The van der Waals surface area contributed by atoms with Crippen molar-refractivity contribution in [2.24, 2.45) is 0 Å². The molecular formula is C21H15IN4O2S3. The minimum atomic E-state index is -3.83. The first kappa shape index (κ1) is 22.1. The van der Waals surface area contributed by atoms with Crippen LogP contribution >= 0.6 is 46.1 Å². The monoisotopic (exact) mass is 578 g/mol. The summed E-state index contributed by atoms with van der Waals surface area (Å²) in [5.41, 5.74) is 0. The lowest BCUT2D eigenvalue weighted by Gasteiger charge is -2.10. The number of nitrogens with zero attached hydrogens (tertiary/aromatic N) is 3. The largest absolute Gasteiger partial charge is 0.264 e. The molecule has 0 fully saturated rings. The zero-order valence-corrected chi connectivity index (χ0v) is 20.5. The second-order valence-electron chi connectivity index (χ2n) is 6.11. The maximum Gasteiger partial charge on any atom is 0.264 e. The van der Waals surface area contributed by atoms with E-state index in [2.05, 4.69) is 42.3 Å². The Kier molecular flexibility index (Phi) is 7.10. The van der Waals surface area contributed by atoms with Gasteiger partial charge in [0.15, 0.2) is 10.3 Å². The Hall–Kier alpha value is -2.15. The third-order valence-corrected chi connectivity index (χ3v) is 7.66. The van der Waals surface area contributed by atoms with Crippen molar-refractivity contribution in [2.45, 2.75) is 25.0 Å². The summed E-state index contributed by atoms with van der Waals surface area (Å²) in [6, 6.07) is 25.8. The highest BCUT2D eigenvalue weighted by atomic mass is 127. The van der Waals surface area contributed by atoms with E-state index in [4.69, 9.17) is 0 Å². The second-order valence-corrected chi connectivity index (χ2v) is 11.1. The molecule has 6 nitrogen and oxygen atoms in total. The molecule has 1 N–H and O–H groups in total. The van der Waals surface area contributed by atoms with E-state index in [-0.39, 0.29) is 10.8 Å². The molecule has 0 aliphatic heterocycles. The van der Waals surface area contributed by atoms with Gasteiger partial charge in [0.05, 0.1) is 4.90 Å². The molecule has 0 spiro atoms. The highest BCUT2D eigenvalue weighted by Crippen LogP contribution is 2.30. The van der Waals surface area contributed by atoms with Gasteiger partial charge in [0.2, 0.25) is 5.95 Å². The van der Waals surface area contributed by atoms with Gasteiger partial charge in [-0.3, -0.25) is 0 Å². The molecule has 0 radical (unpaired) electrons. The lowest BCUT2D eigenvalue weighted by Crippen LogP contribution is -2.16. The highest BCUT2D eigenvalue weighted by molar-refractivity contribution is 14.1. The van der Waals surface area contributed by atoms with E-state index in [0.29, 0.717) is 10.3 Å². The minimum Gasteiger partial charge on any atom is -0.247 e. The van der Waals surface area contributed by atoms with Gasteiger partial charge < -0.3 is 0 Å². The first-order chi connectivity index (χ1) is 15.0. The summed E-state index contributed by atoms with van der Waals surface area (Å²) < 4.78 is 29.1. The Bertz CT molecular complexity index is 1210. The summed E-state index contributed by atoms with van der Waals surface area (Å²) in [5, 5.41) is 0.805. The summed E-state index contributed by atoms with van der Waals surface area (Å²) in [6.45, 7) is 0. The Morgan fingerprint density at radius 2 is 1.16 bits per heavy atom. The third kappa shape index (κ3) is 6.19. The van der Waals surface area contributed by atoms with Crippen LogP contribution in [0.2, 0.25) is 0 Å². The van der Waals surface area contributed by atoms with Gasteiger partial charge in [-0.25, -0.2) is 13.1 Å². The fourth-order valence-corrected chi connectivity index (χ4v) is 5.35. The third-order valence-electron chi connectivity index (χ3n) is 3.85. The summed E-state index contributed by atoms with van der Waals surface area (Å²) in [4.78, 5) is 15.2. The van der Waals surface area contributed by atoms with Crippen molar-refractivity contribution in [3.63, 3.8) is 0 Å². The molecule has 1 aromatic heterocycles. The number of anilines is 1. The second kappa shape index (κ2) is 9.98. The topological polar surface area (TPSA) is 84.8 Å². The molecule has 0 amide bonds. The van der Waals surface area contributed by atoms with Crippen LogP contribution in [0.5, 0.6) is 0 Å². The molecule has 0 aliphatic carbocycles. The summed E-state index contributed by atoms with van der Waals surface area (Å²) in [5.74, 6) is -0.0228. The number of hydrogen-bond donors (Lipinski definition) is 1. The van der Waals surface area contributed by atoms with Crippen molar-refractivity contribution in [3.8, 4) is 0 Å². The first-order valence-corrected chi connectivity index (χ1v) is 13.2. The van der Waals surface area contributed by atoms with E-state index in [1.807, 2.05) is 60.7 Å². The quantitative estimate of drug-likeness (QED) is 0.287. The normalized spacial score (nSPS) is 11.3. The molecule has 1 heterocycles. The molecule has 3 aromatic carbocycles.